The van der Waals surface area contributed by atoms with Gasteiger partial charge in [0.2, 0.25) is 0 Å². The molecule has 1 aliphatic heterocycles. The first-order chi connectivity index (χ1) is 17.5. The van der Waals surface area contributed by atoms with E-state index in [-0.39, 0.29) is 17.5 Å². The number of fused-ring (bicyclic) bond motifs is 1. The lowest BCUT2D eigenvalue weighted by atomic mass is 9.90. The van der Waals surface area contributed by atoms with Crippen molar-refractivity contribution in [1.82, 2.24) is 29.8 Å². The van der Waals surface area contributed by atoms with E-state index in [2.05, 4.69) is 31.3 Å². The fourth-order valence-corrected chi connectivity index (χ4v) is 5.01. The number of ether oxygens (including phenoxy) is 1. The smallest absolute Gasteiger partial charge is 0.254 e. The Hall–Kier alpha value is -3.72. The van der Waals surface area contributed by atoms with Gasteiger partial charge in [0.25, 0.3) is 5.91 Å². The Morgan fingerprint density at radius 1 is 1.14 bits per heavy atom. The topological polar surface area (TPSA) is 85.5 Å². The molecule has 1 saturated carbocycles. The number of nitrogens with zero attached hydrogens (tertiary/aromatic N) is 4. The fourth-order valence-electron chi connectivity index (χ4n) is 5.01. The summed E-state index contributed by atoms with van der Waals surface area (Å²) in [5.74, 6) is 0.375. The molecule has 0 atom stereocenters. The molecule has 0 bridgehead atoms. The average molecular weight is 489 g/mol. The molecule has 0 unspecified atom stereocenters. The maximum atomic E-state index is 14.6. The number of carbonyl (C=O) groups is 1. The molecule has 1 amide bonds. The van der Waals surface area contributed by atoms with Crippen LogP contribution in [0.15, 0.2) is 43.0 Å². The highest BCUT2D eigenvalue weighted by Gasteiger charge is 2.26. The van der Waals surface area contributed by atoms with Crippen molar-refractivity contribution in [2.24, 2.45) is 0 Å². The number of carbonyl (C=O) groups excluding carboxylic acids is 1. The largest absolute Gasteiger partial charge is 0.496 e. The average Bonchev–Trinajstić information content (AvgIpc) is 3.40. The van der Waals surface area contributed by atoms with Crippen LogP contribution in [0.25, 0.3) is 22.6 Å². The third kappa shape index (κ3) is 4.13. The second-order valence-corrected chi connectivity index (χ2v) is 9.73. The van der Waals surface area contributed by atoms with Crippen molar-refractivity contribution >= 4 is 11.6 Å². The van der Waals surface area contributed by atoms with E-state index < -0.39 is 5.82 Å². The summed E-state index contributed by atoms with van der Waals surface area (Å²) in [5.41, 5.74) is 5.14. The van der Waals surface area contributed by atoms with Gasteiger partial charge in [-0.3, -0.25) is 9.20 Å². The van der Waals surface area contributed by atoms with Gasteiger partial charge in [-0.1, -0.05) is 0 Å². The van der Waals surface area contributed by atoms with Crippen molar-refractivity contribution in [3.63, 3.8) is 0 Å². The number of hydrogen-bond acceptors (Lipinski definition) is 5. The van der Waals surface area contributed by atoms with E-state index in [9.17, 15) is 9.18 Å². The molecule has 8 nitrogen and oxygen atoms in total. The predicted molar refractivity (Wildman–Crippen MR) is 134 cm³/mol. The van der Waals surface area contributed by atoms with Gasteiger partial charge < -0.3 is 15.4 Å². The van der Waals surface area contributed by atoms with E-state index in [1.807, 2.05) is 25.4 Å². The predicted octanol–water partition coefficient (Wildman–Crippen LogP) is 4.00. The Labute approximate surface area is 208 Å². The normalized spacial score (nSPS) is 16.4. The van der Waals surface area contributed by atoms with Gasteiger partial charge in [-0.2, -0.15) is 5.10 Å². The third-order valence-electron chi connectivity index (χ3n) is 7.21. The van der Waals surface area contributed by atoms with E-state index in [1.165, 1.54) is 11.6 Å². The first-order valence-electron chi connectivity index (χ1n) is 12.4. The van der Waals surface area contributed by atoms with Gasteiger partial charge in [-0.15, -0.1) is 0 Å². The molecule has 36 heavy (non-hydrogen) atoms. The van der Waals surface area contributed by atoms with Gasteiger partial charge in [-0.25, -0.2) is 14.1 Å². The molecule has 2 fully saturated rings. The number of aromatic nitrogens is 4. The SMILES string of the molecule is COc1cc2ncc(-c3cnn(-c4cc(C(=O)NC5CC5)c(F)cc4C)c3)n2cc1C1CCNCC1. The second kappa shape index (κ2) is 9.05. The van der Waals surface area contributed by atoms with E-state index in [0.717, 1.165) is 61.4 Å². The summed E-state index contributed by atoms with van der Waals surface area (Å²) >= 11 is 0. The molecular formula is C27H29FN6O2. The lowest BCUT2D eigenvalue weighted by Crippen LogP contribution is -2.27. The number of methoxy groups -OCH3 is 1. The van der Waals surface area contributed by atoms with Gasteiger partial charge in [-0.05, 0) is 69.3 Å². The molecule has 1 aromatic carbocycles. The van der Waals surface area contributed by atoms with Crippen molar-refractivity contribution in [1.29, 1.82) is 0 Å². The molecule has 2 N–H and O–H groups in total. The van der Waals surface area contributed by atoms with Gasteiger partial charge in [0.1, 0.15) is 17.2 Å². The molecule has 1 aliphatic carbocycles. The van der Waals surface area contributed by atoms with Crippen molar-refractivity contribution < 1.29 is 13.9 Å². The fraction of sp³-hybridized carbons (Fsp3) is 0.370. The molecule has 1 saturated heterocycles. The van der Waals surface area contributed by atoms with Crippen LogP contribution in [0.3, 0.4) is 0 Å². The third-order valence-corrected chi connectivity index (χ3v) is 7.21. The Kier molecular flexibility index (Phi) is 5.72. The Morgan fingerprint density at radius 2 is 1.94 bits per heavy atom. The highest BCUT2D eigenvalue weighted by atomic mass is 19.1. The quantitative estimate of drug-likeness (QED) is 0.429. The Morgan fingerprint density at radius 3 is 2.69 bits per heavy atom. The zero-order chi connectivity index (χ0) is 24.8. The van der Waals surface area contributed by atoms with Crippen LogP contribution in [0.5, 0.6) is 5.75 Å². The molecule has 9 heteroatoms. The van der Waals surface area contributed by atoms with Crippen molar-refractivity contribution in [2.45, 2.75) is 44.6 Å². The van der Waals surface area contributed by atoms with Gasteiger partial charge in [0.05, 0.1) is 36.4 Å². The van der Waals surface area contributed by atoms with Crippen molar-refractivity contribution in [3.05, 3.63) is 65.5 Å². The van der Waals surface area contributed by atoms with Crippen LogP contribution in [0.1, 0.15) is 53.1 Å². The highest BCUT2D eigenvalue weighted by molar-refractivity contribution is 5.95. The minimum Gasteiger partial charge on any atom is -0.496 e. The molecular weight excluding hydrogens is 459 g/mol. The lowest BCUT2D eigenvalue weighted by molar-refractivity contribution is 0.0947. The summed E-state index contributed by atoms with van der Waals surface area (Å²) in [4.78, 5) is 17.2. The van der Waals surface area contributed by atoms with Crippen LogP contribution < -0.4 is 15.4 Å². The minimum absolute atomic E-state index is 0.0352. The number of pyridine rings is 1. The van der Waals surface area contributed by atoms with Crippen LogP contribution in [-0.2, 0) is 0 Å². The van der Waals surface area contributed by atoms with Crippen LogP contribution >= 0.6 is 0 Å². The van der Waals surface area contributed by atoms with E-state index >= 15 is 0 Å². The number of amides is 1. The molecule has 0 spiro atoms. The number of benzene rings is 1. The van der Waals surface area contributed by atoms with Crippen molar-refractivity contribution in [2.75, 3.05) is 20.2 Å². The standard InChI is InChI=1S/C27H29FN6O2/c1-16-9-22(28)20(27(35)32-19-3-4-19)10-23(16)34-14-18(12-31-34)24-13-30-26-11-25(36-2)21(15-33(24)26)17-5-7-29-8-6-17/h9-15,17,19,29H,3-8H2,1-2H3,(H,32,35). The highest BCUT2D eigenvalue weighted by Crippen LogP contribution is 2.35. The maximum absolute atomic E-state index is 14.6. The summed E-state index contributed by atoms with van der Waals surface area (Å²) in [7, 11) is 1.70. The summed E-state index contributed by atoms with van der Waals surface area (Å²) < 4.78 is 24.1. The van der Waals surface area contributed by atoms with Crippen LogP contribution in [0, 0.1) is 12.7 Å². The van der Waals surface area contributed by atoms with Gasteiger partial charge in [0, 0.05) is 35.6 Å². The van der Waals surface area contributed by atoms with E-state index in [1.54, 1.807) is 24.1 Å². The number of nitrogens with one attached hydrogen (secondary N) is 2. The minimum atomic E-state index is -0.525. The first kappa shape index (κ1) is 22.7. The molecule has 4 aromatic rings. The zero-order valence-electron chi connectivity index (χ0n) is 20.4. The van der Waals surface area contributed by atoms with Crippen LogP contribution in [-0.4, -0.2) is 51.3 Å². The van der Waals surface area contributed by atoms with E-state index in [4.69, 9.17) is 4.74 Å². The first-order valence-corrected chi connectivity index (χ1v) is 12.4. The van der Waals surface area contributed by atoms with Crippen LogP contribution in [0.2, 0.25) is 0 Å². The summed E-state index contributed by atoms with van der Waals surface area (Å²) in [5, 5.41) is 10.8. The number of imidazole rings is 1. The molecule has 2 aliphatic rings. The molecule has 186 valence electrons. The second-order valence-electron chi connectivity index (χ2n) is 9.73. The molecule has 0 radical (unpaired) electrons. The van der Waals surface area contributed by atoms with Gasteiger partial charge >= 0.3 is 0 Å². The zero-order valence-corrected chi connectivity index (χ0v) is 20.4. The maximum Gasteiger partial charge on any atom is 0.254 e. The number of rotatable bonds is 6. The van der Waals surface area contributed by atoms with Gasteiger partial charge in [0.15, 0.2) is 0 Å². The van der Waals surface area contributed by atoms with Crippen LogP contribution in [0.4, 0.5) is 4.39 Å². The molecule has 6 rings (SSSR count). The summed E-state index contributed by atoms with van der Waals surface area (Å²) in [6.07, 6.45) is 11.6. The number of piperidine rings is 1. The molecule has 3 aromatic heterocycles. The molecule has 4 heterocycles. The van der Waals surface area contributed by atoms with Crippen molar-refractivity contribution in [3.8, 4) is 22.7 Å². The monoisotopic (exact) mass is 488 g/mol. The Bertz CT molecular complexity index is 1450. The summed E-state index contributed by atoms with van der Waals surface area (Å²) in [6.45, 7) is 3.80. The lowest BCUT2D eigenvalue weighted by Gasteiger charge is -2.24. The number of aryl methyl sites for hydroxylation is 1. The number of halogens is 1. The number of hydrogen-bond donors (Lipinski definition) is 2. The Balaban J connectivity index is 1.37. The summed E-state index contributed by atoms with van der Waals surface area (Å²) in [6, 6.07) is 5.11. The van der Waals surface area contributed by atoms with E-state index in [0.29, 0.717) is 17.2 Å².